The molecule has 0 radical (unpaired) electrons. The number of alkyl carbamates (subject to hydrolysis) is 1. The number of benzene rings is 1. The molecule has 53 heavy (non-hydrogen) atoms. The van der Waals surface area contributed by atoms with Crippen molar-refractivity contribution in [2.75, 3.05) is 11.9 Å². The van der Waals surface area contributed by atoms with Gasteiger partial charge >= 0.3 is 18.0 Å². The van der Waals surface area contributed by atoms with E-state index in [1.165, 1.54) is 4.90 Å². The smallest absolute Gasteiger partial charge is 0.409 e. The molecule has 4 aliphatic heterocycles. The first-order valence-corrected chi connectivity index (χ1v) is 18.3. The largest absolute Gasteiger partial charge is 0.459 e. The third-order valence-electron chi connectivity index (χ3n) is 10.6. The number of anilines is 1. The van der Waals surface area contributed by atoms with Crippen LogP contribution in [0.2, 0.25) is 5.02 Å². The summed E-state index contributed by atoms with van der Waals surface area (Å²) in [5.74, 6) is -3.91. The molecule has 0 aliphatic carbocycles. The standard InChI is InChI=1S/C38H48ClN3O11/c1-21-10-9-11-23(3)38(49)20-27(50-36(48)40-38)24(4)35-37(5,52-35)28(19-31(45)41(6)26-18-25(16-21)17-22(2)34(26)39)51-32(46)12-7-8-13-33(47)53-42-29(43)14-15-30(42)44/h9-11,17-18,23-24,27-28,35,49H,7-8,12-16,19-20H2,1-6H3,(H,40,48)/b11-9+,21-10+. The Labute approximate surface area is 313 Å². The molecule has 14 nitrogen and oxygen atoms in total. The first-order chi connectivity index (χ1) is 24.9. The van der Waals surface area contributed by atoms with E-state index in [9.17, 15) is 33.9 Å². The van der Waals surface area contributed by atoms with Crippen molar-refractivity contribution < 1.29 is 52.9 Å². The molecule has 0 saturated carbocycles. The second-order valence-electron chi connectivity index (χ2n) is 14.8. The van der Waals surface area contributed by atoms with E-state index in [0.717, 1.165) is 16.7 Å². The number of fused-ring (bicyclic) bond motifs is 5. The molecule has 2 N–H and O–H groups in total. The number of aryl methyl sites for hydroxylation is 1. The van der Waals surface area contributed by atoms with Gasteiger partial charge in [-0.15, -0.1) is 5.06 Å². The minimum atomic E-state index is -1.61. The molecule has 4 bridgehead atoms. The maximum atomic E-state index is 14.0. The quantitative estimate of drug-likeness (QED) is 0.170. The molecule has 288 valence electrons. The van der Waals surface area contributed by atoms with E-state index in [1.54, 1.807) is 20.9 Å². The van der Waals surface area contributed by atoms with Crippen molar-refractivity contribution in [3.05, 3.63) is 52.1 Å². The normalized spacial score (nSPS) is 32.2. The highest BCUT2D eigenvalue weighted by molar-refractivity contribution is 6.34. The van der Waals surface area contributed by atoms with Crippen LogP contribution in [0.25, 0.3) is 0 Å². The summed E-state index contributed by atoms with van der Waals surface area (Å²) in [5.41, 5.74) is 0.439. The number of ether oxygens (including phenoxy) is 3. The Bertz CT molecular complexity index is 1710. The number of allylic oxidation sites excluding steroid dienone is 3. The maximum Gasteiger partial charge on any atom is 0.409 e. The summed E-state index contributed by atoms with van der Waals surface area (Å²) in [5, 5.41) is 15.1. The number of halogens is 1. The number of rotatable bonds is 7. The molecular weight excluding hydrogens is 710 g/mol. The minimum Gasteiger partial charge on any atom is -0.459 e. The van der Waals surface area contributed by atoms with Crippen LogP contribution in [0.4, 0.5) is 10.5 Å². The number of unbranched alkanes of at least 4 members (excludes halogenated alkanes) is 1. The average Bonchev–Trinajstić information content (AvgIpc) is 3.69. The number of hydrogen-bond donors (Lipinski definition) is 2. The zero-order chi connectivity index (χ0) is 38.8. The van der Waals surface area contributed by atoms with Crippen molar-refractivity contribution in [1.82, 2.24) is 10.4 Å². The molecule has 0 aromatic heterocycles. The van der Waals surface area contributed by atoms with Crippen LogP contribution >= 0.6 is 11.6 Å². The van der Waals surface area contributed by atoms with Crippen LogP contribution in [0.1, 0.15) is 90.2 Å². The van der Waals surface area contributed by atoms with Crippen LogP contribution in [0.15, 0.2) is 35.9 Å². The molecule has 4 amide bonds. The van der Waals surface area contributed by atoms with Crippen molar-refractivity contribution in [2.24, 2.45) is 11.8 Å². The number of hydrogen-bond acceptors (Lipinski definition) is 11. The van der Waals surface area contributed by atoms with Crippen molar-refractivity contribution in [3.63, 3.8) is 0 Å². The Morgan fingerprint density at radius 1 is 1.04 bits per heavy atom. The van der Waals surface area contributed by atoms with Gasteiger partial charge in [-0.25, -0.2) is 9.59 Å². The summed E-state index contributed by atoms with van der Waals surface area (Å²) >= 11 is 6.73. The van der Waals surface area contributed by atoms with Gasteiger partial charge in [-0.3, -0.25) is 24.5 Å². The number of epoxide rings is 1. The number of nitrogens with zero attached hydrogens (tertiary/aromatic N) is 2. The molecular formula is C38H48ClN3O11. The van der Waals surface area contributed by atoms with Gasteiger partial charge in [0.2, 0.25) is 5.91 Å². The molecule has 7 unspecified atom stereocenters. The lowest BCUT2D eigenvalue weighted by molar-refractivity contribution is -0.197. The zero-order valence-corrected chi connectivity index (χ0v) is 31.7. The Kier molecular flexibility index (Phi) is 12.0. The van der Waals surface area contributed by atoms with E-state index in [1.807, 2.05) is 51.1 Å². The fourth-order valence-corrected chi connectivity index (χ4v) is 7.34. The molecule has 15 heteroatoms. The molecule has 1 aromatic rings. The number of carbonyl (C=O) groups excluding carboxylic acids is 6. The SMILES string of the molecule is C/C1=C\C=C\C(C)C2(O)CC(OC(=O)N2)C(C)C2OC2(C)C(OC(=O)CCCCC(=O)ON2C(=O)CCC2=O)CC(=O)N(C)c2cc(cc(C)c2Cl)C1. The van der Waals surface area contributed by atoms with Gasteiger partial charge in [0.05, 0.1) is 23.2 Å². The molecule has 0 spiro atoms. The summed E-state index contributed by atoms with van der Waals surface area (Å²) in [4.78, 5) is 82.0. The van der Waals surface area contributed by atoms with Crippen molar-refractivity contribution in [3.8, 4) is 0 Å². The molecule has 3 saturated heterocycles. The van der Waals surface area contributed by atoms with E-state index in [2.05, 4.69) is 5.32 Å². The molecule has 5 rings (SSSR count). The van der Waals surface area contributed by atoms with Gasteiger partial charge in [-0.1, -0.05) is 55.3 Å². The Morgan fingerprint density at radius 3 is 2.38 bits per heavy atom. The zero-order valence-electron chi connectivity index (χ0n) is 30.9. The van der Waals surface area contributed by atoms with Gasteiger partial charge in [0.25, 0.3) is 11.8 Å². The number of esters is 1. The first-order valence-electron chi connectivity index (χ1n) is 18.0. The molecule has 4 aliphatic rings. The predicted molar refractivity (Wildman–Crippen MR) is 191 cm³/mol. The lowest BCUT2D eigenvalue weighted by atomic mass is 9.82. The summed E-state index contributed by atoms with van der Waals surface area (Å²) in [6, 6.07) is 3.81. The van der Waals surface area contributed by atoms with Gasteiger partial charge in [-0.2, -0.15) is 0 Å². The van der Waals surface area contributed by atoms with Crippen LogP contribution < -0.4 is 10.2 Å². The van der Waals surface area contributed by atoms with Gasteiger partial charge in [-0.05, 0) is 57.2 Å². The summed E-state index contributed by atoms with van der Waals surface area (Å²) in [6.07, 6.45) is 2.89. The minimum absolute atomic E-state index is 0.0158. The third kappa shape index (κ3) is 9.10. The molecule has 3 fully saturated rings. The van der Waals surface area contributed by atoms with E-state index < -0.39 is 71.3 Å². The van der Waals surface area contributed by atoms with E-state index in [-0.39, 0.29) is 57.3 Å². The van der Waals surface area contributed by atoms with Crippen LogP contribution in [-0.2, 0) is 49.4 Å². The van der Waals surface area contributed by atoms with Crippen LogP contribution in [0.5, 0.6) is 0 Å². The third-order valence-corrected chi connectivity index (χ3v) is 11.1. The topological polar surface area (TPSA) is 181 Å². The number of hydroxylamine groups is 2. The Morgan fingerprint density at radius 2 is 1.70 bits per heavy atom. The number of nitrogens with one attached hydrogen (secondary N) is 1. The molecule has 1 aromatic carbocycles. The van der Waals surface area contributed by atoms with Gasteiger partial charge in [0, 0.05) is 51.0 Å². The average molecular weight is 758 g/mol. The molecule has 4 heterocycles. The summed E-state index contributed by atoms with van der Waals surface area (Å²) in [6.45, 7) is 9.18. The van der Waals surface area contributed by atoms with Crippen molar-refractivity contribution in [2.45, 2.75) is 122 Å². The first kappa shape index (κ1) is 39.9. The van der Waals surface area contributed by atoms with Crippen molar-refractivity contribution in [1.29, 1.82) is 0 Å². The Hall–Kier alpha value is -4.27. The summed E-state index contributed by atoms with van der Waals surface area (Å²) < 4.78 is 17.8. The lowest BCUT2D eigenvalue weighted by Gasteiger charge is -2.41. The summed E-state index contributed by atoms with van der Waals surface area (Å²) in [7, 11) is 1.61. The van der Waals surface area contributed by atoms with Gasteiger partial charge in [0.1, 0.15) is 23.5 Å². The Balaban J connectivity index is 1.36. The van der Waals surface area contributed by atoms with E-state index >= 15 is 0 Å². The van der Waals surface area contributed by atoms with Crippen LogP contribution in [0, 0.1) is 18.8 Å². The van der Waals surface area contributed by atoms with Gasteiger partial charge < -0.3 is 29.1 Å². The second kappa shape index (κ2) is 16.0. The second-order valence-corrected chi connectivity index (χ2v) is 15.2. The maximum absolute atomic E-state index is 14.0. The number of amides is 4. The lowest BCUT2D eigenvalue weighted by Crippen LogP contribution is -2.60. The fraction of sp³-hybridized carbons (Fsp3) is 0.579. The number of imide groups is 1. The monoisotopic (exact) mass is 757 g/mol. The van der Waals surface area contributed by atoms with E-state index in [4.69, 9.17) is 30.6 Å². The van der Waals surface area contributed by atoms with Crippen molar-refractivity contribution >= 4 is 53.0 Å². The fourth-order valence-electron chi connectivity index (χ4n) is 7.11. The predicted octanol–water partition coefficient (Wildman–Crippen LogP) is 4.76. The van der Waals surface area contributed by atoms with Crippen LogP contribution in [-0.4, -0.2) is 82.6 Å². The number of carbonyl (C=O) groups is 6. The highest BCUT2D eigenvalue weighted by atomic mass is 35.5. The highest BCUT2D eigenvalue weighted by Gasteiger charge is 2.64. The van der Waals surface area contributed by atoms with Crippen LogP contribution in [0.3, 0.4) is 0 Å². The molecule has 7 atom stereocenters. The van der Waals surface area contributed by atoms with Gasteiger partial charge in [0.15, 0.2) is 0 Å². The number of aliphatic hydroxyl groups is 1. The van der Waals surface area contributed by atoms with E-state index in [0.29, 0.717) is 22.2 Å². The highest BCUT2D eigenvalue weighted by Crippen LogP contribution is 2.49.